The molecule has 0 aromatic heterocycles. The van der Waals surface area contributed by atoms with Gasteiger partial charge in [0.15, 0.2) is 0 Å². The van der Waals surface area contributed by atoms with Crippen LogP contribution < -0.4 is 17.2 Å². The predicted molar refractivity (Wildman–Crippen MR) is 146 cm³/mol. The molecule has 6 N–H and O–H groups in total. The van der Waals surface area contributed by atoms with E-state index in [1.165, 1.54) is 39.0 Å². The normalized spacial score (nSPS) is 11.3. The Morgan fingerprint density at radius 3 is 0.825 bits per heavy atom. The van der Waals surface area contributed by atoms with E-state index in [0.717, 1.165) is 18.2 Å². The third-order valence-corrected chi connectivity index (χ3v) is 8.98. The van der Waals surface area contributed by atoms with Crippen LogP contribution in [0.4, 0.5) is 17.1 Å². The molecule has 0 spiro atoms. The Morgan fingerprint density at radius 1 is 0.500 bits per heavy atom. The largest absolute Gasteiger partial charge is 3.00 e. The van der Waals surface area contributed by atoms with Gasteiger partial charge in [0.1, 0.15) is 30.4 Å². The number of hydrogen-bond donors (Lipinski definition) is 3. The van der Waals surface area contributed by atoms with Gasteiger partial charge in [-0.15, -0.1) is 0 Å². The maximum atomic E-state index is 10.7. The van der Waals surface area contributed by atoms with E-state index < -0.39 is 30.4 Å². The zero-order valence-electron chi connectivity index (χ0n) is 20.5. The van der Waals surface area contributed by atoms with Crippen LogP contribution >= 0.6 is 34.8 Å². The molecule has 0 saturated heterocycles. The van der Waals surface area contributed by atoms with Crippen LogP contribution in [0, 0.1) is 20.8 Å². The van der Waals surface area contributed by atoms with Crippen molar-refractivity contribution < 1.29 is 55.4 Å². The molecule has 3 rings (SSSR count). The van der Waals surface area contributed by atoms with Crippen molar-refractivity contribution in [3.05, 3.63) is 68.2 Å². The molecule has 0 fully saturated rings. The van der Waals surface area contributed by atoms with Crippen LogP contribution in [0.2, 0.25) is 15.1 Å². The molecule has 1 radical (unpaired) electrons. The SMILES string of the molecule is Cc1c(S(=O)(=O)[O-])ccc(Cl)c1N.Cc1c(S(=O)(=O)[O-])ccc(Cl)c1N.Cc1c(S(=O)(=O)[O-])ccc(Cl)c1N.[Ni+3]. The number of nitrogens with two attached hydrogens (primary N) is 3. The van der Waals surface area contributed by atoms with Crippen molar-refractivity contribution in [1.82, 2.24) is 0 Å². The molecule has 12 nitrogen and oxygen atoms in total. The summed E-state index contributed by atoms with van der Waals surface area (Å²) in [7, 11) is -13.4. The van der Waals surface area contributed by atoms with Gasteiger partial charge in [-0.2, -0.15) is 0 Å². The fourth-order valence-electron chi connectivity index (χ4n) is 2.84. The molecule has 0 amide bonds. The van der Waals surface area contributed by atoms with E-state index in [0.29, 0.717) is 0 Å². The van der Waals surface area contributed by atoms with E-state index in [1.54, 1.807) is 0 Å². The van der Waals surface area contributed by atoms with Gasteiger partial charge in [0.25, 0.3) is 0 Å². The van der Waals surface area contributed by atoms with Crippen LogP contribution in [0.5, 0.6) is 0 Å². The minimum absolute atomic E-state index is 0. The standard InChI is InChI=1S/3C7H8ClNO3S.Ni/c3*1-4-6(13(10,11)12)3-2-5(8)7(4)9;/h3*2-3H,9H2,1H3,(H,10,11,12);/q;;;+3/p-3. The van der Waals surface area contributed by atoms with Crippen LogP contribution in [-0.4, -0.2) is 38.9 Å². The minimum Gasteiger partial charge on any atom is -0.744 e. The summed E-state index contributed by atoms with van der Waals surface area (Å²) in [5.41, 5.74) is 17.3. The van der Waals surface area contributed by atoms with Crippen LogP contribution in [0.3, 0.4) is 0 Å². The molecule has 19 heteroatoms. The summed E-state index contributed by atoms with van der Waals surface area (Å²) in [6, 6.07) is 7.31. The molecule has 3 aromatic carbocycles. The third kappa shape index (κ3) is 9.91. The summed E-state index contributed by atoms with van der Waals surface area (Å²) in [5, 5.41) is 0.722. The van der Waals surface area contributed by atoms with Crippen molar-refractivity contribution in [2.45, 2.75) is 35.5 Å². The van der Waals surface area contributed by atoms with Gasteiger partial charge in [-0.1, -0.05) is 34.8 Å². The number of rotatable bonds is 3. The smallest absolute Gasteiger partial charge is 0.744 e. The monoisotopic (exact) mass is 718 g/mol. The zero-order valence-corrected chi connectivity index (χ0v) is 26.3. The molecule has 0 bridgehead atoms. The van der Waals surface area contributed by atoms with E-state index in [2.05, 4.69) is 0 Å². The molecular weight excluding hydrogens is 699 g/mol. The van der Waals surface area contributed by atoms with Crippen molar-refractivity contribution in [2.75, 3.05) is 17.2 Å². The Bertz CT molecular complexity index is 1530. The first-order chi connectivity index (χ1) is 17.5. The molecule has 0 atom stereocenters. The van der Waals surface area contributed by atoms with Gasteiger partial charge in [0, 0.05) is 0 Å². The van der Waals surface area contributed by atoms with E-state index >= 15 is 0 Å². The molecular formula is C21H21Cl3N3NiO9S3. The second-order valence-corrected chi connectivity index (χ2v) is 12.9. The second-order valence-electron chi connectivity index (χ2n) is 7.61. The fourth-order valence-corrected chi connectivity index (χ4v) is 5.61. The number of nitrogen functional groups attached to an aromatic ring is 3. The Labute approximate surface area is 257 Å². The summed E-state index contributed by atoms with van der Waals surface area (Å²) in [6.07, 6.45) is 0. The van der Waals surface area contributed by atoms with E-state index in [9.17, 15) is 38.9 Å². The first kappa shape index (κ1) is 38.2. The van der Waals surface area contributed by atoms with Crippen molar-refractivity contribution in [3.63, 3.8) is 0 Å². The molecule has 0 heterocycles. The van der Waals surface area contributed by atoms with Crippen molar-refractivity contribution >= 4 is 82.2 Å². The topological polar surface area (TPSA) is 250 Å². The Morgan fingerprint density at radius 2 is 0.675 bits per heavy atom. The van der Waals surface area contributed by atoms with Gasteiger partial charge < -0.3 is 30.9 Å². The first-order valence-corrected chi connectivity index (χ1v) is 15.4. The molecule has 223 valence electrons. The van der Waals surface area contributed by atoms with Gasteiger partial charge in [0.05, 0.1) is 46.8 Å². The average Bonchev–Trinajstić information content (AvgIpc) is 2.78. The fraction of sp³-hybridized carbons (Fsp3) is 0.143. The van der Waals surface area contributed by atoms with Crippen LogP contribution in [-0.2, 0) is 46.8 Å². The quantitative estimate of drug-likeness (QED) is 0.200. The van der Waals surface area contributed by atoms with Crippen molar-refractivity contribution in [3.8, 4) is 0 Å². The number of hydrogen-bond acceptors (Lipinski definition) is 12. The van der Waals surface area contributed by atoms with Gasteiger partial charge >= 0.3 is 16.5 Å². The molecule has 0 aliphatic rings. The molecule has 3 aromatic rings. The van der Waals surface area contributed by atoms with Crippen LogP contribution in [0.25, 0.3) is 0 Å². The van der Waals surface area contributed by atoms with Crippen LogP contribution in [0.1, 0.15) is 16.7 Å². The maximum Gasteiger partial charge on any atom is 3.00 e. The summed E-state index contributed by atoms with van der Waals surface area (Å²) in [4.78, 5) is -0.974. The number of anilines is 3. The van der Waals surface area contributed by atoms with E-state index in [-0.39, 0.29) is 80.0 Å². The Kier molecular flexibility index (Phi) is 13.7. The number of benzene rings is 3. The van der Waals surface area contributed by atoms with Crippen molar-refractivity contribution in [1.29, 1.82) is 0 Å². The van der Waals surface area contributed by atoms with Gasteiger partial charge in [-0.25, -0.2) is 25.3 Å². The molecule has 40 heavy (non-hydrogen) atoms. The summed E-state index contributed by atoms with van der Waals surface area (Å²) < 4.78 is 96.0. The maximum absolute atomic E-state index is 10.7. The van der Waals surface area contributed by atoms with Gasteiger partial charge in [-0.05, 0) is 73.9 Å². The predicted octanol–water partition coefficient (Wildman–Crippen LogP) is 3.40. The molecule has 0 unspecified atom stereocenters. The van der Waals surface area contributed by atoms with Gasteiger partial charge in [-0.3, -0.25) is 0 Å². The van der Waals surface area contributed by atoms with Crippen LogP contribution in [0.15, 0.2) is 51.1 Å². The summed E-state index contributed by atoms with van der Waals surface area (Å²) in [5.74, 6) is 0. The molecule has 0 aliphatic heterocycles. The summed E-state index contributed by atoms with van der Waals surface area (Å²) >= 11 is 16.8. The summed E-state index contributed by atoms with van der Waals surface area (Å²) in [6.45, 7) is 4.31. The number of halogens is 3. The zero-order chi connectivity index (χ0) is 30.7. The Balaban J connectivity index is 0.000000563. The third-order valence-electron chi connectivity index (χ3n) is 5.04. The second kappa shape index (κ2) is 14.4. The first-order valence-electron chi connectivity index (χ1n) is 10.0. The minimum atomic E-state index is -4.46. The molecule has 0 saturated carbocycles. The van der Waals surface area contributed by atoms with Crippen molar-refractivity contribution in [2.24, 2.45) is 0 Å². The Hall–Kier alpha value is -1.85. The van der Waals surface area contributed by atoms with E-state index in [1.807, 2.05) is 0 Å². The van der Waals surface area contributed by atoms with Gasteiger partial charge in [0.2, 0.25) is 0 Å². The molecule has 0 aliphatic carbocycles. The average molecular weight is 721 g/mol. The van der Waals surface area contributed by atoms with E-state index in [4.69, 9.17) is 52.0 Å².